The molecule has 0 aromatic carbocycles. The Bertz CT molecular complexity index is 367. The normalized spacial score (nSPS) is 17.6. The van der Waals surface area contributed by atoms with Gasteiger partial charge in [0.15, 0.2) is 0 Å². The summed E-state index contributed by atoms with van der Waals surface area (Å²) in [5.74, 6) is 0. The average molecular weight is 253 g/mol. The minimum absolute atomic E-state index is 0.800. The fourth-order valence-corrected chi connectivity index (χ4v) is 3.99. The maximum absolute atomic E-state index is 4.55. The third kappa shape index (κ3) is 3.05. The molecule has 1 aromatic rings. The lowest BCUT2D eigenvalue weighted by atomic mass is 10.0. The molecule has 1 aromatic heterocycles. The summed E-state index contributed by atoms with van der Waals surface area (Å²) < 4.78 is 2.06. The van der Waals surface area contributed by atoms with E-state index in [9.17, 15) is 0 Å². The zero-order chi connectivity index (χ0) is 12.3. The molecule has 0 amide bonds. The summed E-state index contributed by atoms with van der Waals surface area (Å²) in [6, 6.07) is 0. The standard InChI is InChI=1S/C13H23N3S/c1-10-12(9-14-2)13(16(3)15-10)17-11-7-5-4-6-8-11/h11,14H,4-9H2,1-3H3. The Morgan fingerprint density at radius 1 is 1.35 bits per heavy atom. The SMILES string of the molecule is CNCc1c(C)nn(C)c1SC1CCCCC1. The van der Waals surface area contributed by atoms with Crippen LogP contribution in [-0.4, -0.2) is 22.1 Å². The number of aryl methyl sites for hydroxylation is 2. The van der Waals surface area contributed by atoms with Crippen LogP contribution in [0.2, 0.25) is 0 Å². The minimum Gasteiger partial charge on any atom is -0.316 e. The summed E-state index contributed by atoms with van der Waals surface area (Å²) in [7, 11) is 4.07. The molecule has 0 spiro atoms. The van der Waals surface area contributed by atoms with Crippen LogP contribution in [0.15, 0.2) is 5.03 Å². The summed E-state index contributed by atoms with van der Waals surface area (Å²) in [6.07, 6.45) is 6.96. The van der Waals surface area contributed by atoms with Gasteiger partial charge in [-0.3, -0.25) is 4.68 Å². The molecule has 2 rings (SSSR count). The molecule has 1 N–H and O–H groups in total. The van der Waals surface area contributed by atoms with Crippen molar-refractivity contribution in [3.05, 3.63) is 11.3 Å². The first-order chi connectivity index (χ1) is 8.22. The van der Waals surface area contributed by atoms with Gasteiger partial charge in [0.25, 0.3) is 0 Å². The van der Waals surface area contributed by atoms with E-state index in [1.165, 1.54) is 48.4 Å². The second-order valence-electron chi connectivity index (χ2n) is 4.90. The maximum atomic E-state index is 4.55. The number of thioether (sulfide) groups is 1. The van der Waals surface area contributed by atoms with Crippen molar-refractivity contribution in [1.29, 1.82) is 0 Å². The second kappa shape index (κ2) is 5.91. The highest BCUT2D eigenvalue weighted by Crippen LogP contribution is 2.35. The molecule has 0 aliphatic heterocycles. The van der Waals surface area contributed by atoms with E-state index in [0.717, 1.165) is 11.8 Å². The molecule has 17 heavy (non-hydrogen) atoms. The van der Waals surface area contributed by atoms with Crippen LogP contribution >= 0.6 is 11.8 Å². The Hall–Kier alpha value is -0.480. The first-order valence-corrected chi connectivity index (χ1v) is 7.44. The first-order valence-electron chi connectivity index (χ1n) is 6.56. The van der Waals surface area contributed by atoms with E-state index < -0.39 is 0 Å². The largest absolute Gasteiger partial charge is 0.316 e. The molecule has 0 atom stereocenters. The molecule has 96 valence electrons. The average Bonchev–Trinajstić information content (AvgIpc) is 2.58. The van der Waals surface area contributed by atoms with Gasteiger partial charge < -0.3 is 5.32 Å². The molecule has 1 saturated carbocycles. The highest BCUT2D eigenvalue weighted by molar-refractivity contribution is 7.99. The summed E-state index contributed by atoms with van der Waals surface area (Å²) in [5.41, 5.74) is 2.55. The van der Waals surface area contributed by atoms with Gasteiger partial charge >= 0.3 is 0 Å². The van der Waals surface area contributed by atoms with Crippen LogP contribution in [0.4, 0.5) is 0 Å². The smallest absolute Gasteiger partial charge is 0.0987 e. The summed E-state index contributed by atoms with van der Waals surface area (Å²) in [4.78, 5) is 0. The van der Waals surface area contributed by atoms with E-state index in [-0.39, 0.29) is 0 Å². The van der Waals surface area contributed by atoms with Crippen LogP contribution in [0.5, 0.6) is 0 Å². The number of nitrogens with one attached hydrogen (secondary N) is 1. The van der Waals surface area contributed by atoms with Crippen LogP contribution in [0, 0.1) is 6.92 Å². The monoisotopic (exact) mass is 253 g/mol. The number of hydrogen-bond acceptors (Lipinski definition) is 3. The molecule has 1 heterocycles. The number of nitrogens with zero attached hydrogens (tertiary/aromatic N) is 2. The molecule has 1 fully saturated rings. The van der Waals surface area contributed by atoms with E-state index in [1.807, 2.05) is 18.8 Å². The molecule has 0 radical (unpaired) electrons. The topological polar surface area (TPSA) is 29.9 Å². The Balaban J connectivity index is 2.12. The molecule has 0 bridgehead atoms. The zero-order valence-electron chi connectivity index (χ0n) is 11.1. The summed E-state index contributed by atoms with van der Waals surface area (Å²) >= 11 is 2.04. The van der Waals surface area contributed by atoms with Crippen molar-refractivity contribution in [1.82, 2.24) is 15.1 Å². The van der Waals surface area contributed by atoms with E-state index in [4.69, 9.17) is 0 Å². The molecule has 1 aliphatic rings. The van der Waals surface area contributed by atoms with Gasteiger partial charge in [0.2, 0.25) is 0 Å². The number of rotatable bonds is 4. The van der Waals surface area contributed by atoms with Crippen molar-refractivity contribution >= 4 is 11.8 Å². The third-order valence-corrected chi connectivity index (χ3v) is 5.01. The van der Waals surface area contributed by atoms with Crippen LogP contribution in [0.25, 0.3) is 0 Å². The highest BCUT2D eigenvalue weighted by atomic mass is 32.2. The summed E-state index contributed by atoms with van der Waals surface area (Å²) in [5, 5.41) is 9.96. The van der Waals surface area contributed by atoms with Crippen LogP contribution < -0.4 is 5.32 Å². The van der Waals surface area contributed by atoms with E-state index in [2.05, 4.69) is 29.1 Å². The predicted molar refractivity (Wildman–Crippen MR) is 73.4 cm³/mol. The van der Waals surface area contributed by atoms with Gasteiger partial charge in [0, 0.05) is 24.4 Å². The van der Waals surface area contributed by atoms with Crippen LogP contribution in [-0.2, 0) is 13.6 Å². The van der Waals surface area contributed by atoms with Crippen molar-refractivity contribution in [2.75, 3.05) is 7.05 Å². The van der Waals surface area contributed by atoms with Gasteiger partial charge in [0.05, 0.1) is 10.7 Å². The molecular formula is C13H23N3S. The number of hydrogen-bond donors (Lipinski definition) is 1. The molecule has 0 unspecified atom stereocenters. The lowest BCUT2D eigenvalue weighted by Gasteiger charge is -2.21. The van der Waals surface area contributed by atoms with E-state index in [1.54, 1.807) is 0 Å². The Morgan fingerprint density at radius 3 is 2.71 bits per heavy atom. The van der Waals surface area contributed by atoms with E-state index >= 15 is 0 Å². The second-order valence-corrected chi connectivity index (χ2v) is 6.19. The maximum Gasteiger partial charge on any atom is 0.0987 e. The fraction of sp³-hybridized carbons (Fsp3) is 0.769. The van der Waals surface area contributed by atoms with Crippen LogP contribution in [0.3, 0.4) is 0 Å². The fourth-order valence-electron chi connectivity index (χ4n) is 2.55. The summed E-state index contributed by atoms with van der Waals surface area (Å²) in [6.45, 7) is 3.03. The Labute approximate surface area is 108 Å². The quantitative estimate of drug-likeness (QED) is 0.895. The van der Waals surface area contributed by atoms with Gasteiger partial charge in [-0.05, 0) is 26.8 Å². The van der Waals surface area contributed by atoms with Gasteiger partial charge in [-0.2, -0.15) is 5.10 Å². The first kappa shape index (κ1) is 13.0. The number of aromatic nitrogens is 2. The highest BCUT2D eigenvalue weighted by Gasteiger charge is 2.20. The minimum atomic E-state index is 0.800. The van der Waals surface area contributed by atoms with Crippen molar-refractivity contribution in [2.45, 2.75) is 55.8 Å². The lowest BCUT2D eigenvalue weighted by molar-refractivity contribution is 0.514. The van der Waals surface area contributed by atoms with Gasteiger partial charge in [0.1, 0.15) is 0 Å². The zero-order valence-corrected chi connectivity index (χ0v) is 11.9. The lowest BCUT2D eigenvalue weighted by Crippen LogP contribution is -2.11. The predicted octanol–water partition coefficient (Wildman–Crippen LogP) is 2.87. The van der Waals surface area contributed by atoms with E-state index in [0.29, 0.717) is 0 Å². The molecule has 1 aliphatic carbocycles. The van der Waals surface area contributed by atoms with Gasteiger partial charge in [-0.25, -0.2) is 0 Å². The van der Waals surface area contributed by atoms with Crippen molar-refractivity contribution < 1.29 is 0 Å². The molecule has 0 saturated heterocycles. The van der Waals surface area contributed by atoms with Gasteiger partial charge in [-0.1, -0.05) is 19.3 Å². The van der Waals surface area contributed by atoms with Gasteiger partial charge in [-0.15, -0.1) is 11.8 Å². The van der Waals surface area contributed by atoms with Crippen molar-refractivity contribution in [2.24, 2.45) is 7.05 Å². The van der Waals surface area contributed by atoms with Crippen molar-refractivity contribution in [3.63, 3.8) is 0 Å². The molecule has 3 nitrogen and oxygen atoms in total. The van der Waals surface area contributed by atoms with Crippen molar-refractivity contribution in [3.8, 4) is 0 Å². The Kier molecular flexibility index (Phi) is 4.51. The Morgan fingerprint density at radius 2 is 2.06 bits per heavy atom. The molecular weight excluding hydrogens is 230 g/mol. The molecule has 4 heteroatoms. The van der Waals surface area contributed by atoms with Crippen LogP contribution in [0.1, 0.15) is 43.4 Å². The third-order valence-electron chi connectivity index (χ3n) is 3.47.